The van der Waals surface area contributed by atoms with Gasteiger partial charge in [0.05, 0.1) is 5.92 Å². The fourth-order valence-electron chi connectivity index (χ4n) is 2.82. The van der Waals surface area contributed by atoms with Gasteiger partial charge in [-0.3, -0.25) is 9.59 Å². The van der Waals surface area contributed by atoms with E-state index in [1.807, 2.05) is 32.0 Å². The lowest BCUT2D eigenvalue weighted by atomic mass is 9.86. The summed E-state index contributed by atoms with van der Waals surface area (Å²) in [5.41, 5.74) is 2.82. The molecule has 2 N–H and O–H groups in total. The van der Waals surface area contributed by atoms with Gasteiger partial charge in [0, 0.05) is 11.6 Å². The Morgan fingerprint density at radius 2 is 1.80 bits per heavy atom. The molecule has 4 heteroatoms. The highest BCUT2D eigenvalue weighted by Gasteiger charge is 2.27. The molecule has 0 unspecified atom stereocenters. The molecule has 0 atom stereocenters. The van der Waals surface area contributed by atoms with Crippen LogP contribution in [0.1, 0.15) is 47.2 Å². The van der Waals surface area contributed by atoms with E-state index in [9.17, 15) is 9.59 Å². The molecule has 108 valence electrons. The van der Waals surface area contributed by atoms with Crippen molar-refractivity contribution in [2.24, 2.45) is 5.92 Å². The van der Waals surface area contributed by atoms with E-state index in [4.69, 9.17) is 5.11 Å². The van der Waals surface area contributed by atoms with Gasteiger partial charge in [-0.1, -0.05) is 17.7 Å². The molecule has 0 radical (unpaired) electrons. The lowest BCUT2D eigenvalue weighted by molar-refractivity contribution is -0.142. The number of benzene rings is 1. The summed E-state index contributed by atoms with van der Waals surface area (Å²) in [7, 11) is 0. The van der Waals surface area contributed by atoms with Gasteiger partial charge < -0.3 is 10.4 Å². The highest BCUT2D eigenvalue weighted by atomic mass is 16.4. The molecule has 1 aromatic rings. The number of aliphatic carboxylic acids is 1. The zero-order chi connectivity index (χ0) is 14.7. The van der Waals surface area contributed by atoms with Crippen LogP contribution in [0.25, 0.3) is 0 Å². The molecule has 1 aliphatic rings. The number of amides is 1. The summed E-state index contributed by atoms with van der Waals surface area (Å²) in [6.45, 7) is 3.94. The zero-order valence-electron chi connectivity index (χ0n) is 12.0. The quantitative estimate of drug-likeness (QED) is 0.891. The Balaban J connectivity index is 1.94. The van der Waals surface area contributed by atoms with E-state index in [0.29, 0.717) is 18.4 Å². The largest absolute Gasteiger partial charge is 0.481 e. The zero-order valence-corrected chi connectivity index (χ0v) is 12.0. The van der Waals surface area contributed by atoms with E-state index >= 15 is 0 Å². The monoisotopic (exact) mass is 275 g/mol. The first-order valence-corrected chi connectivity index (χ1v) is 7.08. The second kappa shape index (κ2) is 6.07. The average molecular weight is 275 g/mol. The molecule has 2 rings (SSSR count). The molecule has 20 heavy (non-hydrogen) atoms. The molecule has 1 amide bonds. The van der Waals surface area contributed by atoms with E-state index in [1.54, 1.807) is 0 Å². The van der Waals surface area contributed by atoms with Crippen molar-refractivity contribution < 1.29 is 14.7 Å². The van der Waals surface area contributed by atoms with Crippen molar-refractivity contribution >= 4 is 11.9 Å². The van der Waals surface area contributed by atoms with Crippen molar-refractivity contribution in [3.05, 3.63) is 34.9 Å². The van der Waals surface area contributed by atoms with E-state index in [2.05, 4.69) is 5.32 Å². The van der Waals surface area contributed by atoms with Gasteiger partial charge in [-0.25, -0.2) is 0 Å². The van der Waals surface area contributed by atoms with E-state index < -0.39 is 5.97 Å². The second-order valence-electron chi connectivity index (χ2n) is 5.68. The first kappa shape index (κ1) is 14.6. The predicted octanol–water partition coefficient (Wildman–Crippen LogP) is 2.68. The van der Waals surface area contributed by atoms with E-state index in [-0.39, 0.29) is 17.9 Å². The summed E-state index contributed by atoms with van der Waals surface area (Å²) in [6, 6.07) is 5.88. The summed E-state index contributed by atoms with van der Waals surface area (Å²) in [5, 5.41) is 12.0. The molecule has 1 fully saturated rings. The number of rotatable bonds is 3. The average Bonchev–Trinajstić information content (AvgIpc) is 2.39. The summed E-state index contributed by atoms with van der Waals surface area (Å²) in [4.78, 5) is 23.1. The Labute approximate surface area is 119 Å². The predicted molar refractivity (Wildman–Crippen MR) is 76.8 cm³/mol. The van der Waals surface area contributed by atoms with Crippen LogP contribution in [0.5, 0.6) is 0 Å². The maximum atomic E-state index is 12.2. The minimum Gasteiger partial charge on any atom is -0.481 e. The normalized spacial score (nSPS) is 22.3. The molecule has 1 saturated carbocycles. The molecule has 4 nitrogen and oxygen atoms in total. The second-order valence-corrected chi connectivity index (χ2v) is 5.68. The number of carbonyl (C=O) groups is 2. The van der Waals surface area contributed by atoms with Crippen LogP contribution in [-0.2, 0) is 4.79 Å². The number of hydrogen-bond acceptors (Lipinski definition) is 2. The van der Waals surface area contributed by atoms with Crippen LogP contribution in [0.15, 0.2) is 18.2 Å². The van der Waals surface area contributed by atoms with Crippen molar-refractivity contribution in [2.45, 2.75) is 45.6 Å². The van der Waals surface area contributed by atoms with Crippen LogP contribution in [0.3, 0.4) is 0 Å². The van der Waals surface area contributed by atoms with Crippen molar-refractivity contribution in [3.8, 4) is 0 Å². The molecule has 1 aliphatic carbocycles. The molecule has 0 heterocycles. The van der Waals surface area contributed by atoms with Gasteiger partial charge in [0.1, 0.15) is 0 Å². The Morgan fingerprint density at radius 1 is 1.15 bits per heavy atom. The summed E-state index contributed by atoms with van der Waals surface area (Å²) in [5.74, 6) is -1.02. The van der Waals surface area contributed by atoms with Gasteiger partial charge in [-0.2, -0.15) is 0 Å². The summed E-state index contributed by atoms with van der Waals surface area (Å²) in [6.07, 6.45) is 2.78. The van der Waals surface area contributed by atoms with Gasteiger partial charge in [-0.15, -0.1) is 0 Å². The first-order valence-electron chi connectivity index (χ1n) is 7.08. The third kappa shape index (κ3) is 3.38. The number of nitrogens with one attached hydrogen (secondary N) is 1. The molecular weight excluding hydrogens is 254 g/mol. The topological polar surface area (TPSA) is 66.4 Å². The first-order chi connectivity index (χ1) is 9.47. The molecular formula is C16H21NO3. The highest BCUT2D eigenvalue weighted by molar-refractivity contribution is 5.95. The van der Waals surface area contributed by atoms with Gasteiger partial charge in [-0.05, 0) is 51.2 Å². The number of carboxylic acids is 1. The van der Waals surface area contributed by atoms with Crippen molar-refractivity contribution in [2.75, 3.05) is 0 Å². The smallest absolute Gasteiger partial charge is 0.306 e. The summed E-state index contributed by atoms with van der Waals surface area (Å²) >= 11 is 0. The van der Waals surface area contributed by atoms with Gasteiger partial charge >= 0.3 is 5.97 Å². The van der Waals surface area contributed by atoms with Gasteiger partial charge in [0.2, 0.25) is 0 Å². The minimum absolute atomic E-state index is 0.0544. The van der Waals surface area contributed by atoms with Crippen molar-refractivity contribution in [1.82, 2.24) is 5.32 Å². The molecule has 0 aliphatic heterocycles. The number of hydrogen-bond donors (Lipinski definition) is 2. The van der Waals surface area contributed by atoms with Gasteiger partial charge in [0.25, 0.3) is 5.91 Å². The van der Waals surface area contributed by atoms with Crippen LogP contribution in [0.2, 0.25) is 0 Å². The molecule has 0 saturated heterocycles. The van der Waals surface area contributed by atoms with Crippen LogP contribution in [-0.4, -0.2) is 23.0 Å². The number of aryl methyl sites for hydroxylation is 2. The van der Waals surface area contributed by atoms with Crippen LogP contribution < -0.4 is 5.32 Å². The Kier molecular flexibility index (Phi) is 4.42. The molecule has 0 spiro atoms. The van der Waals surface area contributed by atoms with E-state index in [0.717, 1.165) is 24.0 Å². The molecule has 0 bridgehead atoms. The lowest BCUT2D eigenvalue weighted by Crippen LogP contribution is -2.39. The lowest BCUT2D eigenvalue weighted by Gasteiger charge is -2.27. The van der Waals surface area contributed by atoms with Crippen LogP contribution in [0, 0.1) is 19.8 Å². The maximum absolute atomic E-state index is 12.2. The van der Waals surface area contributed by atoms with E-state index in [1.165, 1.54) is 0 Å². The number of carboxylic acid groups (broad SMARTS) is 1. The third-order valence-electron chi connectivity index (χ3n) is 4.04. The van der Waals surface area contributed by atoms with Crippen LogP contribution in [0.4, 0.5) is 0 Å². The fourth-order valence-corrected chi connectivity index (χ4v) is 2.82. The Morgan fingerprint density at radius 3 is 2.35 bits per heavy atom. The SMILES string of the molecule is Cc1ccc(C(=O)NC2CCC(C(=O)O)CC2)c(C)c1. The Bertz CT molecular complexity index is 516. The Hall–Kier alpha value is -1.84. The standard InChI is InChI=1S/C16H21NO3/c1-10-3-8-14(11(2)9-10)15(18)17-13-6-4-12(5-7-13)16(19)20/h3,8-9,12-13H,4-7H2,1-2H3,(H,17,18)(H,19,20). The van der Waals surface area contributed by atoms with Crippen molar-refractivity contribution in [1.29, 1.82) is 0 Å². The number of carbonyl (C=O) groups excluding carboxylic acids is 1. The summed E-state index contributed by atoms with van der Waals surface area (Å²) < 4.78 is 0. The van der Waals surface area contributed by atoms with Crippen LogP contribution >= 0.6 is 0 Å². The third-order valence-corrected chi connectivity index (χ3v) is 4.04. The maximum Gasteiger partial charge on any atom is 0.306 e. The molecule has 1 aromatic carbocycles. The minimum atomic E-state index is -0.718. The van der Waals surface area contributed by atoms with Crippen molar-refractivity contribution in [3.63, 3.8) is 0 Å². The molecule has 0 aromatic heterocycles. The van der Waals surface area contributed by atoms with Gasteiger partial charge in [0.15, 0.2) is 0 Å². The fraction of sp³-hybridized carbons (Fsp3) is 0.500. The highest BCUT2D eigenvalue weighted by Crippen LogP contribution is 2.24.